The summed E-state index contributed by atoms with van der Waals surface area (Å²) in [7, 11) is 1.44. The van der Waals surface area contributed by atoms with E-state index in [1.807, 2.05) is 6.07 Å². The molecule has 3 aliphatic rings. The van der Waals surface area contributed by atoms with Gasteiger partial charge in [-0.15, -0.1) is 0 Å². The first-order valence-electron chi connectivity index (χ1n) is 13.1. The van der Waals surface area contributed by atoms with Gasteiger partial charge >= 0.3 is 0 Å². The number of hydrogen-bond donors (Lipinski definition) is 3. The van der Waals surface area contributed by atoms with E-state index < -0.39 is 36.0 Å². The molecule has 0 bridgehead atoms. The summed E-state index contributed by atoms with van der Waals surface area (Å²) in [6.07, 6.45) is 0.0781. The van der Waals surface area contributed by atoms with E-state index in [0.717, 1.165) is 5.56 Å². The van der Waals surface area contributed by atoms with Gasteiger partial charge in [-0.3, -0.25) is 14.4 Å². The molecule has 1 aliphatic carbocycles. The molecular formula is C29H32N2O9. The largest absolute Gasteiger partial charge is 0.493 e. The number of carbonyl (C=O) groups is 3. The van der Waals surface area contributed by atoms with Crippen LogP contribution >= 0.6 is 0 Å². The number of nitrogens with one attached hydrogen (secondary N) is 1. The number of aliphatic hydroxyl groups is 2. The van der Waals surface area contributed by atoms with Crippen LogP contribution in [0.3, 0.4) is 0 Å². The lowest BCUT2D eigenvalue weighted by Crippen LogP contribution is -2.56. The molecule has 2 amide bonds. The number of fused-ring (bicyclic) bond motifs is 4. The molecule has 0 aromatic heterocycles. The number of benzene rings is 2. The van der Waals surface area contributed by atoms with Crippen LogP contribution in [0.1, 0.15) is 41.3 Å². The highest BCUT2D eigenvalue weighted by Gasteiger charge is 2.51. The number of aliphatic hydroxyl groups excluding tert-OH is 2. The number of methoxy groups -OCH3 is 1. The fourth-order valence-corrected chi connectivity index (χ4v) is 5.46. The van der Waals surface area contributed by atoms with E-state index in [1.165, 1.54) is 18.1 Å². The van der Waals surface area contributed by atoms with Crippen LogP contribution in [-0.4, -0.2) is 78.5 Å². The fraction of sp³-hybridized carbons (Fsp3) is 0.414. The highest BCUT2D eigenvalue weighted by Crippen LogP contribution is 2.51. The van der Waals surface area contributed by atoms with Gasteiger partial charge in [0.2, 0.25) is 18.6 Å². The molecule has 2 aliphatic heterocycles. The summed E-state index contributed by atoms with van der Waals surface area (Å²) in [6, 6.07) is 7.57. The zero-order valence-corrected chi connectivity index (χ0v) is 22.5. The van der Waals surface area contributed by atoms with Crippen molar-refractivity contribution in [1.82, 2.24) is 10.2 Å². The normalized spacial score (nSPS) is 22.1. The van der Waals surface area contributed by atoms with Gasteiger partial charge in [0.25, 0.3) is 0 Å². The van der Waals surface area contributed by atoms with Crippen LogP contribution in [0.2, 0.25) is 0 Å². The van der Waals surface area contributed by atoms with Crippen molar-refractivity contribution in [2.24, 2.45) is 5.92 Å². The van der Waals surface area contributed by atoms with Crippen molar-refractivity contribution >= 4 is 18.1 Å². The molecule has 212 valence electrons. The Labute approximate surface area is 231 Å². The van der Waals surface area contributed by atoms with Crippen LogP contribution in [0, 0.1) is 5.92 Å². The lowest BCUT2D eigenvalue weighted by atomic mass is 9.77. The first-order valence-corrected chi connectivity index (χ1v) is 13.1. The lowest BCUT2D eigenvalue weighted by molar-refractivity contribution is -0.141. The zero-order chi connectivity index (χ0) is 28.6. The molecule has 4 atom stereocenters. The Morgan fingerprint density at radius 3 is 2.67 bits per heavy atom. The molecule has 0 fully saturated rings. The number of amides is 2. The van der Waals surface area contributed by atoms with Crippen molar-refractivity contribution in [2.75, 3.05) is 27.1 Å². The molecular weight excluding hydrogens is 520 g/mol. The summed E-state index contributed by atoms with van der Waals surface area (Å²) in [5, 5.41) is 23.7. The maximum Gasteiger partial charge on any atom is 0.247 e. The number of carbonyl (C=O) groups excluding carboxylic acids is 3. The SMILES string of the molecule is COc1cc(C=O)cc2c1O[C@@H]1[C@@H](O)[C@H](N(Cc3ccc4c(c3)OCO4)C(=O)C(C)C)C=C(C(=O)NCCO)[C@H]21. The first-order chi connectivity index (χ1) is 19.3. The number of nitrogens with zero attached hydrogens (tertiary/aromatic N) is 1. The fourth-order valence-electron chi connectivity index (χ4n) is 5.46. The average Bonchev–Trinajstić information content (AvgIpc) is 3.59. The van der Waals surface area contributed by atoms with Crippen LogP contribution in [0.25, 0.3) is 0 Å². The Bertz CT molecular complexity index is 1360. The van der Waals surface area contributed by atoms with E-state index >= 15 is 0 Å². The standard InChI is InChI=1S/C29H32N2O9/c1-15(2)29(36)31(12-16-4-5-21-22(9-16)39-14-38-21)20-11-19(28(35)30-6-7-32)24-18-8-17(13-33)10-23(37-3)26(18)40-27(24)25(20)34/h4-5,8-11,13,15,20,24-25,27,32,34H,6-7,12,14H2,1-3H3,(H,30,35)/t20-,24+,25+,27+/m1/s1. The van der Waals surface area contributed by atoms with Gasteiger partial charge in [0.05, 0.1) is 25.7 Å². The van der Waals surface area contributed by atoms with Crippen LogP contribution in [0.5, 0.6) is 23.0 Å². The van der Waals surface area contributed by atoms with Crippen molar-refractivity contribution in [3.05, 3.63) is 58.7 Å². The van der Waals surface area contributed by atoms with E-state index in [9.17, 15) is 24.6 Å². The third-order valence-corrected chi connectivity index (χ3v) is 7.34. The molecule has 0 saturated carbocycles. The number of aldehydes is 1. The molecule has 40 heavy (non-hydrogen) atoms. The van der Waals surface area contributed by atoms with Gasteiger partial charge in [-0.25, -0.2) is 0 Å². The van der Waals surface area contributed by atoms with Crippen molar-refractivity contribution in [3.63, 3.8) is 0 Å². The van der Waals surface area contributed by atoms with Gasteiger partial charge in [0, 0.05) is 35.7 Å². The predicted molar refractivity (Wildman–Crippen MR) is 141 cm³/mol. The second-order valence-corrected chi connectivity index (χ2v) is 10.2. The smallest absolute Gasteiger partial charge is 0.247 e. The van der Waals surface area contributed by atoms with Gasteiger partial charge < -0.3 is 39.4 Å². The Morgan fingerprint density at radius 1 is 1.20 bits per heavy atom. The van der Waals surface area contributed by atoms with E-state index in [1.54, 1.807) is 38.1 Å². The molecule has 11 heteroatoms. The van der Waals surface area contributed by atoms with Crippen molar-refractivity contribution in [3.8, 4) is 23.0 Å². The highest BCUT2D eigenvalue weighted by atomic mass is 16.7. The molecule has 5 rings (SSSR count). The topological polar surface area (TPSA) is 144 Å². The van der Waals surface area contributed by atoms with Crippen molar-refractivity contribution in [1.29, 1.82) is 0 Å². The number of hydrogen-bond acceptors (Lipinski definition) is 9. The van der Waals surface area contributed by atoms with E-state index in [-0.39, 0.29) is 38.0 Å². The van der Waals surface area contributed by atoms with Gasteiger partial charge in [0.15, 0.2) is 23.0 Å². The summed E-state index contributed by atoms with van der Waals surface area (Å²) in [5.41, 5.74) is 1.85. The van der Waals surface area contributed by atoms with Crippen molar-refractivity contribution in [2.45, 2.75) is 44.6 Å². The van der Waals surface area contributed by atoms with Crippen LogP contribution in [-0.2, 0) is 16.1 Å². The average molecular weight is 553 g/mol. The summed E-state index contributed by atoms with van der Waals surface area (Å²) in [5.74, 6) is -0.0769. The third kappa shape index (κ3) is 4.86. The van der Waals surface area contributed by atoms with Gasteiger partial charge in [0.1, 0.15) is 18.5 Å². The maximum absolute atomic E-state index is 13.6. The lowest BCUT2D eigenvalue weighted by Gasteiger charge is -2.41. The molecule has 11 nitrogen and oxygen atoms in total. The van der Waals surface area contributed by atoms with Crippen molar-refractivity contribution < 1.29 is 43.5 Å². The van der Waals surface area contributed by atoms with Crippen LogP contribution in [0.15, 0.2) is 42.0 Å². The van der Waals surface area contributed by atoms with Gasteiger partial charge in [-0.1, -0.05) is 19.9 Å². The molecule has 0 radical (unpaired) electrons. The molecule has 0 unspecified atom stereocenters. The second kappa shape index (κ2) is 11.2. The summed E-state index contributed by atoms with van der Waals surface area (Å²) in [6.45, 7) is 3.51. The second-order valence-electron chi connectivity index (χ2n) is 10.2. The van der Waals surface area contributed by atoms with Gasteiger partial charge in [-0.05, 0) is 35.9 Å². The van der Waals surface area contributed by atoms with E-state index in [2.05, 4.69) is 5.32 Å². The summed E-state index contributed by atoms with van der Waals surface area (Å²) >= 11 is 0. The molecule has 2 aromatic rings. The molecule has 0 spiro atoms. The predicted octanol–water partition coefficient (Wildman–Crippen LogP) is 1.54. The van der Waals surface area contributed by atoms with Crippen LogP contribution < -0.4 is 24.3 Å². The summed E-state index contributed by atoms with van der Waals surface area (Å²) < 4.78 is 22.6. The molecule has 0 saturated heterocycles. The van der Waals surface area contributed by atoms with E-state index in [4.69, 9.17) is 18.9 Å². The third-order valence-electron chi connectivity index (χ3n) is 7.34. The maximum atomic E-state index is 13.6. The summed E-state index contributed by atoms with van der Waals surface area (Å²) in [4.78, 5) is 40.2. The quantitative estimate of drug-likeness (QED) is 0.395. The Hall–Kier alpha value is -4.09. The first kappa shape index (κ1) is 27.5. The van der Waals surface area contributed by atoms with E-state index in [0.29, 0.717) is 40.4 Å². The Morgan fingerprint density at radius 2 is 1.98 bits per heavy atom. The minimum Gasteiger partial charge on any atom is -0.493 e. The zero-order valence-electron chi connectivity index (χ0n) is 22.5. The van der Waals surface area contributed by atoms with Crippen LogP contribution in [0.4, 0.5) is 0 Å². The Balaban J connectivity index is 1.59. The minimum atomic E-state index is -1.23. The number of ether oxygens (including phenoxy) is 4. The highest BCUT2D eigenvalue weighted by molar-refractivity contribution is 5.96. The molecule has 2 aromatic carbocycles. The minimum absolute atomic E-state index is 0.0119. The molecule has 2 heterocycles. The molecule has 3 N–H and O–H groups in total. The van der Waals surface area contributed by atoms with Gasteiger partial charge in [-0.2, -0.15) is 0 Å². The monoisotopic (exact) mass is 552 g/mol. The number of rotatable bonds is 9. The Kier molecular flexibility index (Phi) is 7.68.